The summed E-state index contributed by atoms with van der Waals surface area (Å²) in [5.74, 6) is -0.611. The number of hydrogen-bond acceptors (Lipinski definition) is 5. The van der Waals surface area contributed by atoms with Crippen molar-refractivity contribution in [3.8, 4) is 11.5 Å². The van der Waals surface area contributed by atoms with Gasteiger partial charge in [0.2, 0.25) is 0 Å². The Labute approximate surface area is 159 Å². The van der Waals surface area contributed by atoms with Crippen molar-refractivity contribution in [2.75, 3.05) is 13.2 Å². The highest BCUT2D eigenvalue weighted by Gasteiger charge is 2.38. The van der Waals surface area contributed by atoms with Gasteiger partial charge in [-0.1, -0.05) is 18.7 Å². The standard InChI is InChI=1S/C21H26O6/c1-3-12-26-20(25)21(2)10-8-16(9-11-21)14-27-18-13-15(4-6-17(18)22)5-7-19(23)24/h3-7,13,16,22H,1,8-12,14H2,2H3,(H,23,24). The van der Waals surface area contributed by atoms with Crippen LogP contribution in [0.2, 0.25) is 0 Å². The molecule has 1 aromatic rings. The number of hydrogen-bond donors (Lipinski definition) is 2. The average Bonchev–Trinajstić information content (AvgIpc) is 2.65. The molecule has 1 aliphatic carbocycles. The fraction of sp³-hybridized carbons (Fsp3) is 0.429. The summed E-state index contributed by atoms with van der Waals surface area (Å²) in [5.41, 5.74) is 0.162. The Hall–Kier alpha value is -2.76. The Kier molecular flexibility index (Phi) is 7.05. The maximum Gasteiger partial charge on any atom is 0.328 e. The second kappa shape index (κ2) is 9.26. The van der Waals surface area contributed by atoms with Crippen LogP contribution in [0.4, 0.5) is 0 Å². The number of aliphatic carboxylic acids is 1. The van der Waals surface area contributed by atoms with Gasteiger partial charge in [-0.15, -0.1) is 0 Å². The molecule has 6 heteroatoms. The Balaban J connectivity index is 1.89. The van der Waals surface area contributed by atoms with E-state index in [-0.39, 0.29) is 24.2 Å². The highest BCUT2D eigenvalue weighted by molar-refractivity contribution is 5.85. The summed E-state index contributed by atoms with van der Waals surface area (Å²) in [6.07, 6.45) is 7.15. The Morgan fingerprint density at radius 2 is 2.04 bits per heavy atom. The number of benzene rings is 1. The lowest BCUT2D eigenvalue weighted by molar-refractivity contribution is -0.156. The van der Waals surface area contributed by atoms with E-state index in [1.807, 2.05) is 6.92 Å². The molecule has 2 rings (SSSR count). The normalized spacial score (nSPS) is 22.3. The molecule has 1 fully saturated rings. The molecule has 0 heterocycles. The summed E-state index contributed by atoms with van der Waals surface area (Å²) in [6.45, 7) is 6.14. The molecule has 0 aromatic heterocycles. The topological polar surface area (TPSA) is 93.1 Å². The number of carboxylic acids is 1. The van der Waals surface area contributed by atoms with Gasteiger partial charge in [-0.05, 0) is 62.3 Å². The lowest BCUT2D eigenvalue weighted by atomic mass is 9.72. The predicted octanol–water partition coefficient (Wildman–Crippen LogP) is 3.79. The molecular weight excluding hydrogens is 348 g/mol. The molecule has 0 aliphatic heterocycles. The minimum absolute atomic E-state index is 0.0103. The number of ether oxygens (including phenoxy) is 2. The van der Waals surface area contributed by atoms with E-state index in [1.54, 1.807) is 18.2 Å². The van der Waals surface area contributed by atoms with E-state index in [0.29, 0.717) is 17.9 Å². The fourth-order valence-corrected chi connectivity index (χ4v) is 3.12. The van der Waals surface area contributed by atoms with E-state index in [2.05, 4.69) is 6.58 Å². The third-order valence-corrected chi connectivity index (χ3v) is 4.91. The first kappa shape index (κ1) is 20.6. The van der Waals surface area contributed by atoms with E-state index >= 15 is 0 Å². The minimum atomic E-state index is -1.04. The van der Waals surface area contributed by atoms with Gasteiger partial charge in [0.05, 0.1) is 12.0 Å². The lowest BCUT2D eigenvalue weighted by Crippen LogP contribution is -2.35. The second-order valence-corrected chi connectivity index (χ2v) is 7.10. The molecule has 0 amide bonds. The Morgan fingerprint density at radius 3 is 2.67 bits per heavy atom. The fourth-order valence-electron chi connectivity index (χ4n) is 3.12. The zero-order valence-electron chi connectivity index (χ0n) is 15.5. The van der Waals surface area contributed by atoms with Crippen LogP contribution in [0.25, 0.3) is 6.08 Å². The van der Waals surface area contributed by atoms with Crippen LogP contribution in [0, 0.1) is 11.3 Å². The van der Waals surface area contributed by atoms with Crippen molar-refractivity contribution in [1.29, 1.82) is 0 Å². The summed E-state index contributed by atoms with van der Waals surface area (Å²) in [4.78, 5) is 22.8. The van der Waals surface area contributed by atoms with Gasteiger partial charge >= 0.3 is 11.9 Å². The smallest absolute Gasteiger partial charge is 0.328 e. The first-order valence-corrected chi connectivity index (χ1v) is 8.99. The van der Waals surface area contributed by atoms with Gasteiger partial charge in [-0.25, -0.2) is 4.79 Å². The monoisotopic (exact) mass is 374 g/mol. The first-order chi connectivity index (χ1) is 12.8. The number of phenols is 1. The molecule has 27 heavy (non-hydrogen) atoms. The number of rotatable bonds is 8. The van der Waals surface area contributed by atoms with Crippen LogP contribution < -0.4 is 4.74 Å². The van der Waals surface area contributed by atoms with Gasteiger partial charge in [-0.3, -0.25) is 4.79 Å². The summed E-state index contributed by atoms with van der Waals surface area (Å²) in [7, 11) is 0. The third-order valence-electron chi connectivity index (χ3n) is 4.91. The molecule has 0 unspecified atom stereocenters. The first-order valence-electron chi connectivity index (χ1n) is 8.99. The van der Waals surface area contributed by atoms with Gasteiger partial charge in [0.25, 0.3) is 0 Å². The molecule has 2 N–H and O–H groups in total. The van der Waals surface area contributed by atoms with Gasteiger partial charge in [0.15, 0.2) is 11.5 Å². The van der Waals surface area contributed by atoms with Crippen LogP contribution in [-0.2, 0) is 14.3 Å². The van der Waals surface area contributed by atoms with Crippen LogP contribution >= 0.6 is 0 Å². The third kappa shape index (κ3) is 5.88. The molecule has 0 spiro atoms. The number of carbonyl (C=O) groups is 2. The Bertz CT molecular complexity index is 713. The zero-order valence-corrected chi connectivity index (χ0v) is 15.5. The van der Waals surface area contributed by atoms with E-state index in [9.17, 15) is 14.7 Å². The number of carbonyl (C=O) groups excluding carboxylic acids is 1. The van der Waals surface area contributed by atoms with Gasteiger partial charge in [0, 0.05) is 6.08 Å². The molecule has 0 atom stereocenters. The van der Waals surface area contributed by atoms with Crippen molar-refractivity contribution in [3.63, 3.8) is 0 Å². The largest absolute Gasteiger partial charge is 0.504 e. The summed E-state index contributed by atoms with van der Waals surface area (Å²) < 4.78 is 11.0. The number of esters is 1. The van der Waals surface area contributed by atoms with Crippen molar-refractivity contribution in [2.24, 2.45) is 11.3 Å². The quantitative estimate of drug-likeness (QED) is 0.408. The average molecular weight is 374 g/mol. The number of aromatic hydroxyl groups is 1. The molecule has 1 aromatic carbocycles. The molecule has 0 saturated heterocycles. The molecular formula is C21H26O6. The molecule has 146 valence electrons. The summed E-state index contributed by atoms with van der Waals surface area (Å²) in [6, 6.07) is 4.70. The second-order valence-electron chi connectivity index (χ2n) is 7.10. The molecule has 0 bridgehead atoms. The van der Waals surface area contributed by atoms with Crippen LogP contribution in [0.15, 0.2) is 36.9 Å². The lowest BCUT2D eigenvalue weighted by Gasteiger charge is -2.35. The molecule has 6 nitrogen and oxygen atoms in total. The molecule has 0 radical (unpaired) electrons. The highest BCUT2D eigenvalue weighted by atomic mass is 16.5. The van der Waals surface area contributed by atoms with E-state index in [4.69, 9.17) is 14.6 Å². The van der Waals surface area contributed by atoms with Crippen LogP contribution in [0.1, 0.15) is 38.2 Å². The minimum Gasteiger partial charge on any atom is -0.504 e. The SMILES string of the molecule is C=CCOC(=O)C1(C)CCC(COc2cc(C=CC(=O)O)ccc2O)CC1. The summed E-state index contributed by atoms with van der Waals surface area (Å²) in [5, 5.41) is 18.6. The van der Waals surface area contributed by atoms with E-state index < -0.39 is 11.4 Å². The van der Waals surface area contributed by atoms with E-state index in [0.717, 1.165) is 31.8 Å². The number of carboxylic acid groups (broad SMARTS) is 1. The van der Waals surface area contributed by atoms with Gasteiger partial charge in [-0.2, -0.15) is 0 Å². The van der Waals surface area contributed by atoms with Gasteiger partial charge < -0.3 is 19.7 Å². The maximum atomic E-state index is 12.2. The van der Waals surface area contributed by atoms with Crippen molar-refractivity contribution >= 4 is 18.0 Å². The van der Waals surface area contributed by atoms with Crippen LogP contribution in [0.5, 0.6) is 11.5 Å². The molecule has 1 aliphatic rings. The van der Waals surface area contributed by atoms with Crippen LogP contribution in [0.3, 0.4) is 0 Å². The Morgan fingerprint density at radius 1 is 1.33 bits per heavy atom. The predicted molar refractivity (Wildman–Crippen MR) is 101 cm³/mol. The van der Waals surface area contributed by atoms with Gasteiger partial charge in [0.1, 0.15) is 6.61 Å². The van der Waals surface area contributed by atoms with Crippen molar-refractivity contribution in [1.82, 2.24) is 0 Å². The zero-order chi connectivity index (χ0) is 19.9. The number of phenolic OH excluding ortho intramolecular Hbond substituents is 1. The molecule has 1 saturated carbocycles. The van der Waals surface area contributed by atoms with Crippen molar-refractivity contribution < 1.29 is 29.3 Å². The van der Waals surface area contributed by atoms with E-state index in [1.165, 1.54) is 12.1 Å². The van der Waals surface area contributed by atoms with Crippen molar-refractivity contribution in [2.45, 2.75) is 32.6 Å². The summed E-state index contributed by atoms with van der Waals surface area (Å²) >= 11 is 0. The maximum absolute atomic E-state index is 12.2. The van der Waals surface area contributed by atoms with Crippen LogP contribution in [-0.4, -0.2) is 35.4 Å². The van der Waals surface area contributed by atoms with Crippen molar-refractivity contribution in [3.05, 3.63) is 42.5 Å². The highest BCUT2D eigenvalue weighted by Crippen LogP contribution is 2.40.